The Morgan fingerprint density at radius 1 is 1.09 bits per heavy atom. The summed E-state index contributed by atoms with van der Waals surface area (Å²) in [6, 6.07) is 13.0. The second-order valence-electron chi connectivity index (χ2n) is 4.70. The van der Waals surface area contributed by atoms with Gasteiger partial charge in [0.05, 0.1) is 29.3 Å². The van der Waals surface area contributed by atoms with E-state index in [1.165, 1.54) is 16.9 Å². The molecule has 1 heterocycles. The van der Waals surface area contributed by atoms with Gasteiger partial charge in [-0.15, -0.1) is 5.10 Å². The molecular weight excluding hydrogens is 296 g/mol. The monoisotopic (exact) mass is 308 g/mol. The largest absolute Gasteiger partial charge is 0.478 e. The van der Waals surface area contributed by atoms with Gasteiger partial charge in [0.2, 0.25) is 0 Å². The highest BCUT2D eigenvalue weighted by Crippen LogP contribution is 2.17. The number of carbonyl (C=O) groups excluding carboxylic acids is 1. The Hall–Kier alpha value is -3.48. The Balaban J connectivity index is 1.87. The second-order valence-corrected chi connectivity index (χ2v) is 4.70. The minimum atomic E-state index is -1.10. The van der Waals surface area contributed by atoms with Crippen LogP contribution in [0.1, 0.15) is 20.7 Å². The van der Waals surface area contributed by atoms with Crippen molar-refractivity contribution in [3.05, 3.63) is 72.1 Å². The number of rotatable bonds is 4. The van der Waals surface area contributed by atoms with Crippen molar-refractivity contribution in [1.29, 1.82) is 0 Å². The fraction of sp³-hybridized carbons (Fsp3) is 0. The second kappa shape index (κ2) is 6.10. The van der Waals surface area contributed by atoms with Gasteiger partial charge in [-0.05, 0) is 30.3 Å². The third kappa shape index (κ3) is 3.08. The van der Waals surface area contributed by atoms with E-state index in [1.807, 2.05) is 0 Å². The lowest BCUT2D eigenvalue weighted by Crippen LogP contribution is -2.15. The van der Waals surface area contributed by atoms with Gasteiger partial charge in [0.15, 0.2) is 0 Å². The minimum absolute atomic E-state index is 0.0354. The van der Waals surface area contributed by atoms with Crippen LogP contribution in [0.5, 0.6) is 0 Å². The molecule has 0 saturated carbocycles. The number of hydrogen-bond donors (Lipinski definition) is 2. The van der Waals surface area contributed by atoms with E-state index in [9.17, 15) is 9.59 Å². The maximum absolute atomic E-state index is 12.4. The van der Waals surface area contributed by atoms with Gasteiger partial charge < -0.3 is 10.4 Å². The summed E-state index contributed by atoms with van der Waals surface area (Å²) in [5.41, 5.74) is 1.35. The van der Waals surface area contributed by atoms with Crippen LogP contribution >= 0.6 is 0 Å². The van der Waals surface area contributed by atoms with Crippen LogP contribution in [-0.4, -0.2) is 32.0 Å². The molecule has 23 heavy (non-hydrogen) atoms. The van der Waals surface area contributed by atoms with E-state index >= 15 is 0 Å². The smallest absolute Gasteiger partial charge is 0.337 e. The van der Waals surface area contributed by atoms with E-state index in [2.05, 4.69) is 15.6 Å². The molecule has 3 aromatic rings. The predicted octanol–water partition coefficient (Wildman–Crippen LogP) is 2.22. The molecule has 0 fully saturated rings. The lowest BCUT2D eigenvalue weighted by atomic mass is 10.1. The fourth-order valence-electron chi connectivity index (χ4n) is 2.11. The summed E-state index contributed by atoms with van der Waals surface area (Å²) in [5, 5.41) is 19.3. The maximum Gasteiger partial charge on any atom is 0.337 e. The van der Waals surface area contributed by atoms with Gasteiger partial charge in [0, 0.05) is 5.56 Å². The molecule has 0 saturated heterocycles. The highest BCUT2D eigenvalue weighted by molar-refractivity contribution is 6.07. The van der Waals surface area contributed by atoms with Gasteiger partial charge >= 0.3 is 5.97 Å². The summed E-state index contributed by atoms with van der Waals surface area (Å²) in [6.45, 7) is 0. The zero-order valence-electron chi connectivity index (χ0n) is 11.9. The van der Waals surface area contributed by atoms with Crippen molar-refractivity contribution >= 4 is 17.6 Å². The molecule has 1 amide bonds. The first kappa shape index (κ1) is 14.5. The van der Waals surface area contributed by atoms with Crippen molar-refractivity contribution in [2.45, 2.75) is 0 Å². The molecule has 0 unspecified atom stereocenters. The number of aromatic nitrogens is 3. The first-order valence-corrected chi connectivity index (χ1v) is 6.75. The summed E-state index contributed by atoms with van der Waals surface area (Å²) in [5.74, 6) is -1.50. The number of carboxylic acid groups (broad SMARTS) is 1. The van der Waals surface area contributed by atoms with E-state index < -0.39 is 11.9 Å². The molecule has 2 N–H and O–H groups in total. The predicted molar refractivity (Wildman–Crippen MR) is 82.7 cm³/mol. The minimum Gasteiger partial charge on any atom is -0.478 e. The third-order valence-corrected chi connectivity index (χ3v) is 3.20. The normalized spacial score (nSPS) is 10.3. The van der Waals surface area contributed by atoms with Crippen LogP contribution in [-0.2, 0) is 0 Å². The third-order valence-electron chi connectivity index (χ3n) is 3.20. The highest BCUT2D eigenvalue weighted by atomic mass is 16.4. The molecule has 0 bridgehead atoms. The Morgan fingerprint density at radius 3 is 2.65 bits per heavy atom. The van der Waals surface area contributed by atoms with E-state index in [1.54, 1.807) is 48.7 Å². The summed E-state index contributed by atoms with van der Waals surface area (Å²) >= 11 is 0. The fourth-order valence-corrected chi connectivity index (χ4v) is 2.11. The van der Waals surface area contributed by atoms with Crippen molar-refractivity contribution in [3.8, 4) is 5.69 Å². The molecule has 0 radical (unpaired) electrons. The number of amides is 1. The number of nitrogens with zero attached hydrogens (tertiary/aromatic N) is 3. The number of para-hydroxylation sites is 1. The average molecular weight is 308 g/mol. The molecule has 2 aromatic carbocycles. The zero-order chi connectivity index (χ0) is 16.2. The van der Waals surface area contributed by atoms with Crippen LogP contribution in [0.25, 0.3) is 5.69 Å². The van der Waals surface area contributed by atoms with E-state index in [4.69, 9.17) is 5.11 Å². The lowest BCUT2D eigenvalue weighted by molar-refractivity contribution is 0.0698. The topological polar surface area (TPSA) is 97.1 Å². The quantitative estimate of drug-likeness (QED) is 0.770. The molecule has 0 atom stereocenters. The number of nitrogens with one attached hydrogen (secondary N) is 1. The zero-order valence-corrected chi connectivity index (χ0v) is 11.9. The molecule has 7 nitrogen and oxygen atoms in total. The van der Waals surface area contributed by atoms with Crippen molar-refractivity contribution < 1.29 is 14.7 Å². The van der Waals surface area contributed by atoms with Gasteiger partial charge in [-0.25, -0.2) is 9.48 Å². The van der Waals surface area contributed by atoms with Crippen LogP contribution in [0.15, 0.2) is 60.9 Å². The molecule has 0 spiro atoms. The number of benzene rings is 2. The first-order valence-electron chi connectivity index (χ1n) is 6.75. The molecule has 1 aromatic heterocycles. The molecule has 0 aliphatic heterocycles. The van der Waals surface area contributed by atoms with Crippen LogP contribution in [0.3, 0.4) is 0 Å². The molecule has 114 valence electrons. The summed E-state index contributed by atoms with van der Waals surface area (Å²) < 4.78 is 1.53. The summed E-state index contributed by atoms with van der Waals surface area (Å²) in [6.07, 6.45) is 3.20. The molecular formula is C16H12N4O3. The van der Waals surface area contributed by atoms with Gasteiger partial charge in [-0.1, -0.05) is 23.4 Å². The van der Waals surface area contributed by atoms with Crippen molar-refractivity contribution in [2.24, 2.45) is 0 Å². The Labute approximate surface area is 131 Å². The standard InChI is InChI=1S/C16H12N4O3/c21-15(18-14-7-2-1-6-13(14)16(22)23)11-4-3-5-12(10-11)20-9-8-17-19-20/h1-10H,(H,18,21)(H,22,23). The SMILES string of the molecule is O=C(Nc1ccccc1C(=O)O)c1cccc(-n2ccnn2)c1. The van der Waals surface area contributed by atoms with E-state index in [0.29, 0.717) is 11.3 Å². The lowest BCUT2D eigenvalue weighted by Gasteiger charge is -2.09. The van der Waals surface area contributed by atoms with Crippen molar-refractivity contribution in [2.75, 3.05) is 5.32 Å². The van der Waals surface area contributed by atoms with Crippen LogP contribution in [0, 0.1) is 0 Å². The number of hydrogen-bond acceptors (Lipinski definition) is 4. The first-order chi connectivity index (χ1) is 11.1. The average Bonchev–Trinajstić information content (AvgIpc) is 3.10. The van der Waals surface area contributed by atoms with Crippen LogP contribution in [0.4, 0.5) is 5.69 Å². The van der Waals surface area contributed by atoms with Gasteiger partial charge in [0.1, 0.15) is 0 Å². The van der Waals surface area contributed by atoms with Gasteiger partial charge in [-0.2, -0.15) is 0 Å². The summed E-state index contributed by atoms with van der Waals surface area (Å²) in [7, 11) is 0. The molecule has 0 aliphatic rings. The molecule has 7 heteroatoms. The molecule has 0 aliphatic carbocycles. The number of carbonyl (C=O) groups is 2. The Kier molecular flexibility index (Phi) is 3.84. The van der Waals surface area contributed by atoms with Crippen molar-refractivity contribution in [3.63, 3.8) is 0 Å². The summed E-state index contributed by atoms with van der Waals surface area (Å²) in [4.78, 5) is 23.5. The maximum atomic E-state index is 12.4. The Morgan fingerprint density at radius 2 is 1.91 bits per heavy atom. The highest BCUT2D eigenvalue weighted by Gasteiger charge is 2.13. The molecule has 3 rings (SSSR count). The van der Waals surface area contributed by atoms with E-state index in [-0.39, 0.29) is 11.3 Å². The number of anilines is 1. The van der Waals surface area contributed by atoms with Gasteiger partial charge in [0.25, 0.3) is 5.91 Å². The van der Waals surface area contributed by atoms with E-state index in [0.717, 1.165) is 0 Å². The van der Waals surface area contributed by atoms with Crippen LogP contribution in [0.2, 0.25) is 0 Å². The number of aromatic carboxylic acids is 1. The van der Waals surface area contributed by atoms with Gasteiger partial charge in [-0.3, -0.25) is 4.79 Å². The number of carboxylic acids is 1. The Bertz CT molecular complexity index is 859. The van der Waals surface area contributed by atoms with Crippen molar-refractivity contribution in [1.82, 2.24) is 15.0 Å². The van der Waals surface area contributed by atoms with Crippen LogP contribution < -0.4 is 5.32 Å².